The Morgan fingerprint density at radius 2 is 1.86 bits per heavy atom. The molecule has 2 amide bonds. The molecule has 0 fully saturated rings. The number of ether oxygens (including phenoxy) is 1. The van der Waals surface area contributed by atoms with Crippen molar-refractivity contribution in [3.05, 3.63) is 59.4 Å². The zero-order chi connectivity index (χ0) is 21.4. The smallest absolute Gasteiger partial charge is 0.406 e. The van der Waals surface area contributed by atoms with Crippen molar-refractivity contribution in [3.63, 3.8) is 0 Å². The minimum Gasteiger partial charge on any atom is -0.453 e. The fraction of sp³-hybridized carbons (Fsp3) is 0.263. The van der Waals surface area contributed by atoms with E-state index < -0.39 is 22.0 Å². The van der Waals surface area contributed by atoms with Gasteiger partial charge in [-0.1, -0.05) is 6.07 Å². The maximum atomic E-state index is 13.3. The molecule has 0 aliphatic heterocycles. The lowest BCUT2D eigenvalue weighted by molar-refractivity contribution is 0.102. The zero-order valence-electron chi connectivity index (χ0n) is 16.0. The number of benzene rings is 2. The number of sulfonamides is 1. The van der Waals surface area contributed by atoms with Crippen molar-refractivity contribution >= 4 is 27.7 Å². The van der Waals surface area contributed by atoms with Gasteiger partial charge in [0.25, 0.3) is 5.91 Å². The number of halogens is 1. The van der Waals surface area contributed by atoms with Gasteiger partial charge in [-0.2, -0.15) is 0 Å². The minimum absolute atomic E-state index is 0.0682. The van der Waals surface area contributed by atoms with Gasteiger partial charge in [-0.05, 0) is 55.3 Å². The topological polar surface area (TPSA) is 114 Å². The van der Waals surface area contributed by atoms with E-state index in [-0.39, 0.29) is 29.4 Å². The number of hydrogen-bond acceptors (Lipinski definition) is 5. The summed E-state index contributed by atoms with van der Waals surface area (Å²) in [5.41, 5.74) is 0.922. The largest absolute Gasteiger partial charge is 0.453 e. The summed E-state index contributed by atoms with van der Waals surface area (Å²) < 4.78 is 45.0. The molecule has 0 saturated carbocycles. The second kappa shape index (κ2) is 9.99. The summed E-state index contributed by atoms with van der Waals surface area (Å²) in [7, 11) is -2.60. The van der Waals surface area contributed by atoms with Crippen LogP contribution >= 0.6 is 0 Å². The molecule has 0 aliphatic rings. The van der Waals surface area contributed by atoms with Crippen LogP contribution in [0.2, 0.25) is 0 Å². The average molecular weight is 423 g/mol. The SMILES string of the molecule is COC(=O)NCCCNS(=O)(=O)c1cccc(C(=O)Nc2ccc(F)c(C)c2)c1. The van der Waals surface area contributed by atoms with Crippen LogP contribution in [0.5, 0.6) is 0 Å². The number of carbonyl (C=O) groups is 2. The van der Waals surface area contributed by atoms with Crippen LogP contribution in [0.1, 0.15) is 22.3 Å². The highest BCUT2D eigenvalue weighted by Gasteiger charge is 2.16. The molecule has 156 valence electrons. The van der Waals surface area contributed by atoms with E-state index in [9.17, 15) is 22.4 Å². The monoisotopic (exact) mass is 423 g/mol. The molecule has 29 heavy (non-hydrogen) atoms. The van der Waals surface area contributed by atoms with Crippen LogP contribution in [-0.4, -0.2) is 40.6 Å². The molecule has 2 aromatic carbocycles. The van der Waals surface area contributed by atoms with Crippen LogP contribution in [-0.2, 0) is 14.8 Å². The van der Waals surface area contributed by atoms with Crippen LogP contribution in [0.25, 0.3) is 0 Å². The third kappa shape index (κ3) is 6.54. The Hall–Kier alpha value is -2.98. The van der Waals surface area contributed by atoms with Crippen LogP contribution in [0.4, 0.5) is 14.9 Å². The third-order valence-corrected chi connectivity index (χ3v) is 5.38. The average Bonchev–Trinajstić information content (AvgIpc) is 2.70. The van der Waals surface area contributed by atoms with E-state index >= 15 is 0 Å². The third-order valence-electron chi connectivity index (χ3n) is 3.92. The van der Waals surface area contributed by atoms with Crippen molar-refractivity contribution in [2.45, 2.75) is 18.2 Å². The Morgan fingerprint density at radius 1 is 1.10 bits per heavy atom. The van der Waals surface area contributed by atoms with Gasteiger partial charge >= 0.3 is 6.09 Å². The molecule has 0 unspecified atom stereocenters. The van der Waals surface area contributed by atoms with E-state index in [1.165, 1.54) is 49.6 Å². The second-order valence-corrected chi connectivity index (χ2v) is 7.88. The molecule has 3 N–H and O–H groups in total. The summed E-state index contributed by atoms with van der Waals surface area (Å²) in [6.45, 7) is 1.91. The summed E-state index contributed by atoms with van der Waals surface area (Å²) in [6.07, 6.45) is -0.235. The molecule has 0 heterocycles. The lowest BCUT2D eigenvalue weighted by Gasteiger charge is -2.10. The molecule has 0 bridgehead atoms. The van der Waals surface area contributed by atoms with E-state index in [0.29, 0.717) is 17.7 Å². The molecule has 0 atom stereocenters. The summed E-state index contributed by atoms with van der Waals surface area (Å²) >= 11 is 0. The highest BCUT2D eigenvalue weighted by atomic mass is 32.2. The number of alkyl carbamates (subject to hydrolysis) is 1. The molecule has 0 aliphatic carbocycles. The predicted octanol–water partition coefficient (Wildman–Crippen LogP) is 2.41. The molecule has 0 saturated heterocycles. The summed E-state index contributed by atoms with van der Waals surface area (Å²) in [5.74, 6) is -0.903. The lowest BCUT2D eigenvalue weighted by Crippen LogP contribution is -2.30. The molecule has 2 aromatic rings. The fourth-order valence-electron chi connectivity index (χ4n) is 2.37. The van der Waals surface area contributed by atoms with Crippen LogP contribution < -0.4 is 15.4 Å². The molecular weight excluding hydrogens is 401 g/mol. The van der Waals surface area contributed by atoms with Crippen LogP contribution in [0.15, 0.2) is 47.4 Å². The first-order valence-corrected chi connectivity index (χ1v) is 10.2. The fourth-order valence-corrected chi connectivity index (χ4v) is 3.49. The molecule has 0 aromatic heterocycles. The van der Waals surface area contributed by atoms with E-state index in [4.69, 9.17) is 0 Å². The lowest BCUT2D eigenvalue weighted by atomic mass is 10.2. The van der Waals surface area contributed by atoms with Gasteiger partial charge in [-0.15, -0.1) is 0 Å². The van der Waals surface area contributed by atoms with Gasteiger partial charge < -0.3 is 15.4 Å². The van der Waals surface area contributed by atoms with E-state index in [2.05, 4.69) is 20.1 Å². The van der Waals surface area contributed by atoms with E-state index in [1.807, 2.05) is 0 Å². The number of nitrogens with one attached hydrogen (secondary N) is 3. The van der Waals surface area contributed by atoms with Crippen LogP contribution in [0, 0.1) is 12.7 Å². The number of anilines is 1. The number of carbonyl (C=O) groups excluding carboxylic acids is 2. The van der Waals surface area contributed by atoms with Crippen molar-refractivity contribution in [3.8, 4) is 0 Å². The highest BCUT2D eigenvalue weighted by molar-refractivity contribution is 7.89. The van der Waals surface area contributed by atoms with E-state index in [1.54, 1.807) is 6.92 Å². The molecule has 0 radical (unpaired) electrons. The van der Waals surface area contributed by atoms with Gasteiger partial charge in [-0.25, -0.2) is 22.3 Å². The van der Waals surface area contributed by atoms with Gasteiger partial charge in [0, 0.05) is 24.3 Å². The Morgan fingerprint density at radius 3 is 2.55 bits per heavy atom. The van der Waals surface area contributed by atoms with Crippen molar-refractivity contribution in [2.24, 2.45) is 0 Å². The maximum Gasteiger partial charge on any atom is 0.406 e. The summed E-state index contributed by atoms with van der Waals surface area (Å²) in [5, 5.41) is 5.05. The minimum atomic E-state index is -3.83. The van der Waals surface area contributed by atoms with Crippen molar-refractivity contribution in [1.82, 2.24) is 10.0 Å². The predicted molar refractivity (Wildman–Crippen MR) is 106 cm³/mol. The molecular formula is C19H22FN3O5S. The quantitative estimate of drug-likeness (QED) is 0.564. The molecule has 0 spiro atoms. The van der Waals surface area contributed by atoms with Crippen LogP contribution in [0.3, 0.4) is 0 Å². The Labute approximate surface area is 168 Å². The first-order chi connectivity index (χ1) is 13.7. The first-order valence-electron chi connectivity index (χ1n) is 8.72. The number of methoxy groups -OCH3 is 1. The maximum absolute atomic E-state index is 13.3. The van der Waals surface area contributed by atoms with Crippen molar-refractivity contribution in [2.75, 3.05) is 25.5 Å². The number of aryl methyl sites for hydroxylation is 1. The van der Waals surface area contributed by atoms with Gasteiger partial charge in [0.15, 0.2) is 0 Å². The van der Waals surface area contributed by atoms with Gasteiger partial charge in [0.2, 0.25) is 10.0 Å². The Bertz CT molecular complexity index is 995. The first kappa shape index (κ1) is 22.3. The molecule has 2 rings (SSSR count). The molecule has 8 nitrogen and oxygen atoms in total. The Kier molecular flexibility index (Phi) is 7.68. The number of amides is 2. The standard InChI is InChI=1S/C19H22FN3O5S/c1-13-11-15(7-8-17(13)20)23-18(24)14-5-3-6-16(12-14)29(26,27)22-10-4-9-21-19(25)28-2/h3,5-8,11-12,22H,4,9-10H2,1-2H3,(H,21,25)(H,23,24). The Balaban J connectivity index is 2.00. The van der Waals surface area contributed by atoms with Gasteiger partial charge in [0.05, 0.1) is 12.0 Å². The summed E-state index contributed by atoms with van der Waals surface area (Å²) in [4.78, 5) is 23.3. The second-order valence-electron chi connectivity index (χ2n) is 6.12. The normalized spacial score (nSPS) is 11.0. The van der Waals surface area contributed by atoms with Gasteiger partial charge in [0.1, 0.15) is 5.82 Å². The molecule has 10 heteroatoms. The number of rotatable bonds is 8. The number of hydrogen-bond donors (Lipinski definition) is 3. The zero-order valence-corrected chi connectivity index (χ0v) is 16.8. The van der Waals surface area contributed by atoms with Crippen molar-refractivity contribution in [1.29, 1.82) is 0 Å². The van der Waals surface area contributed by atoms with Gasteiger partial charge in [-0.3, -0.25) is 4.79 Å². The van der Waals surface area contributed by atoms with Crippen molar-refractivity contribution < 1.29 is 27.1 Å². The highest BCUT2D eigenvalue weighted by Crippen LogP contribution is 2.16. The van der Waals surface area contributed by atoms with E-state index in [0.717, 1.165) is 0 Å². The summed E-state index contributed by atoms with van der Waals surface area (Å²) in [6, 6.07) is 9.70.